The van der Waals surface area contributed by atoms with E-state index in [0.717, 1.165) is 7.05 Å². The number of rotatable bonds is 4. The lowest BCUT2D eigenvalue weighted by Gasteiger charge is -2.23. The van der Waals surface area contributed by atoms with Crippen LogP contribution in [0.15, 0.2) is 0 Å². The second kappa shape index (κ2) is 4.61. The van der Waals surface area contributed by atoms with Crippen LogP contribution in [0.3, 0.4) is 0 Å². The molecule has 90 valence electrons. The Hall–Kier alpha value is -0.430. The lowest BCUT2D eigenvalue weighted by atomic mass is 10.6. The molecule has 0 saturated heterocycles. The monoisotopic (exact) mass is 263 g/mol. The van der Waals surface area contributed by atoms with Crippen LogP contribution in [0, 0.1) is 0 Å². The summed E-state index contributed by atoms with van der Waals surface area (Å²) in [5, 5.41) is 6.05. The number of carboxylic acid groups (broad SMARTS) is 1. The van der Waals surface area contributed by atoms with E-state index in [2.05, 4.69) is 0 Å². The first kappa shape index (κ1) is 14.6. The molecule has 1 amide bonds. The number of hydrogen-bond donors (Lipinski definition) is 5. The summed E-state index contributed by atoms with van der Waals surface area (Å²) in [4.78, 5) is 45.3. The second-order valence-electron chi connectivity index (χ2n) is 2.82. The maximum absolute atomic E-state index is 10.7. The van der Waals surface area contributed by atoms with Crippen LogP contribution in [0.5, 0.6) is 0 Å². The smallest absolute Gasteiger partial charge is 0.407 e. The molecular formula is C4H11NO8P2. The Morgan fingerprint density at radius 3 is 1.73 bits per heavy atom. The van der Waals surface area contributed by atoms with Gasteiger partial charge in [0.2, 0.25) is 0 Å². The summed E-state index contributed by atoms with van der Waals surface area (Å²) in [5.41, 5.74) is 0. The third-order valence-electron chi connectivity index (χ3n) is 1.54. The van der Waals surface area contributed by atoms with Gasteiger partial charge in [0.25, 0.3) is 0 Å². The molecule has 0 saturated carbocycles. The molecule has 0 aliphatic heterocycles. The normalized spacial score (nSPS) is 12.9. The highest BCUT2D eigenvalue weighted by atomic mass is 31.2. The Kier molecular flexibility index (Phi) is 4.48. The van der Waals surface area contributed by atoms with Gasteiger partial charge in [0.15, 0.2) is 5.40 Å². The summed E-state index contributed by atoms with van der Waals surface area (Å²) in [6.45, 7) is -0.941. The molecule has 11 heteroatoms. The van der Waals surface area contributed by atoms with Gasteiger partial charge in [0, 0.05) is 13.6 Å². The van der Waals surface area contributed by atoms with Gasteiger partial charge in [0.1, 0.15) is 0 Å². The maximum Gasteiger partial charge on any atom is 0.407 e. The fraction of sp³-hybridized carbons (Fsp3) is 0.750. The van der Waals surface area contributed by atoms with Crippen molar-refractivity contribution < 1.29 is 38.6 Å². The lowest BCUT2D eigenvalue weighted by molar-refractivity contribution is 0.156. The Balaban J connectivity index is 4.94. The van der Waals surface area contributed by atoms with Gasteiger partial charge in [-0.2, -0.15) is 0 Å². The van der Waals surface area contributed by atoms with Crippen LogP contribution in [-0.2, 0) is 9.13 Å². The highest BCUT2D eigenvalue weighted by Gasteiger charge is 2.44. The molecule has 0 aromatic carbocycles. The van der Waals surface area contributed by atoms with Crippen LogP contribution in [-0.4, -0.2) is 54.7 Å². The average Bonchev–Trinajstić information content (AvgIpc) is 1.94. The van der Waals surface area contributed by atoms with E-state index >= 15 is 0 Å². The van der Waals surface area contributed by atoms with Crippen LogP contribution in [0.25, 0.3) is 0 Å². The first-order chi connectivity index (χ1) is 6.46. The molecule has 15 heavy (non-hydrogen) atoms. The van der Waals surface area contributed by atoms with Crippen molar-refractivity contribution in [2.24, 2.45) is 0 Å². The summed E-state index contributed by atoms with van der Waals surface area (Å²) >= 11 is 0. The largest absolute Gasteiger partial charge is 0.465 e. The van der Waals surface area contributed by atoms with Gasteiger partial charge in [0.05, 0.1) is 0 Å². The number of nitrogens with zero attached hydrogens (tertiary/aromatic N) is 1. The summed E-state index contributed by atoms with van der Waals surface area (Å²) in [6.07, 6.45) is -1.54. The van der Waals surface area contributed by atoms with E-state index in [-0.39, 0.29) is 0 Å². The summed E-state index contributed by atoms with van der Waals surface area (Å²) in [5.74, 6) is 0. The van der Waals surface area contributed by atoms with Crippen LogP contribution >= 0.6 is 15.2 Å². The number of amides is 1. The fourth-order valence-electron chi connectivity index (χ4n) is 0.732. The molecule has 0 radical (unpaired) electrons. The highest BCUT2D eigenvalue weighted by molar-refractivity contribution is 7.70. The minimum absolute atomic E-state index is 0.392. The number of carbonyl (C=O) groups is 1. The topological polar surface area (TPSA) is 156 Å². The molecule has 0 spiro atoms. The zero-order valence-corrected chi connectivity index (χ0v) is 9.38. The molecule has 0 atom stereocenters. The molecule has 0 bridgehead atoms. The third kappa shape index (κ3) is 4.74. The van der Waals surface area contributed by atoms with Crippen molar-refractivity contribution in [1.82, 2.24) is 4.90 Å². The Bertz CT molecular complexity index is 308. The predicted molar refractivity (Wildman–Crippen MR) is 48.5 cm³/mol. The van der Waals surface area contributed by atoms with Crippen molar-refractivity contribution in [3.05, 3.63) is 0 Å². The van der Waals surface area contributed by atoms with Crippen molar-refractivity contribution >= 4 is 21.3 Å². The van der Waals surface area contributed by atoms with Crippen molar-refractivity contribution in [3.8, 4) is 0 Å². The molecule has 0 heterocycles. The van der Waals surface area contributed by atoms with E-state index in [0.29, 0.717) is 4.90 Å². The van der Waals surface area contributed by atoms with Gasteiger partial charge >= 0.3 is 21.3 Å². The van der Waals surface area contributed by atoms with Crippen molar-refractivity contribution in [2.75, 3.05) is 13.6 Å². The molecular weight excluding hydrogens is 252 g/mol. The van der Waals surface area contributed by atoms with Crippen molar-refractivity contribution in [2.45, 2.75) is 5.40 Å². The second-order valence-corrected chi connectivity index (χ2v) is 6.83. The Morgan fingerprint density at radius 2 is 1.53 bits per heavy atom. The summed E-state index contributed by atoms with van der Waals surface area (Å²) < 4.78 is 21.4. The SMILES string of the molecule is CN(CC(P(=O)(O)O)P(=O)(O)O)C(=O)O. The van der Waals surface area contributed by atoms with Crippen molar-refractivity contribution in [3.63, 3.8) is 0 Å². The van der Waals surface area contributed by atoms with Gasteiger partial charge in [-0.1, -0.05) is 0 Å². The Labute approximate surface area is 84.7 Å². The zero-order valence-electron chi connectivity index (χ0n) is 7.59. The van der Waals surface area contributed by atoms with E-state index in [1.165, 1.54) is 0 Å². The minimum atomic E-state index is -5.06. The molecule has 0 unspecified atom stereocenters. The fourth-order valence-corrected chi connectivity index (χ4v) is 3.21. The van der Waals surface area contributed by atoms with Gasteiger partial charge in [-0.25, -0.2) is 4.79 Å². The lowest BCUT2D eigenvalue weighted by Crippen LogP contribution is -2.33. The molecule has 0 aliphatic carbocycles. The van der Waals surface area contributed by atoms with E-state index in [4.69, 9.17) is 24.7 Å². The van der Waals surface area contributed by atoms with Gasteiger partial charge < -0.3 is 29.6 Å². The van der Waals surface area contributed by atoms with Crippen LogP contribution < -0.4 is 0 Å². The Morgan fingerprint density at radius 1 is 1.20 bits per heavy atom. The minimum Gasteiger partial charge on any atom is -0.465 e. The highest BCUT2D eigenvalue weighted by Crippen LogP contribution is 2.59. The van der Waals surface area contributed by atoms with Gasteiger partial charge in [-0.3, -0.25) is 9.13 Å². The predicted octanol–water partition coefficient (Wildman–Crippen LogP) is -0.722. The molecule has 5 N–H and O–H groups in total. The van der Waals surface area contributed by atoms with Crippen LogP contribution in [0.1, 0.15) is 0 Å². The first-order valence-electron chi connectivity index (χ1n) is 3.50. The van der Waals surface area contributed by atoms with Gasteiger partial charge in [-0.05, 0) is 0 Å². The standard InChI is InChI=1S/C4H11NO8P2/c1-5(4(6)7)2-3(14(8,9)10)15(11,12)13/h3H,2H2,1H3,(H,6,7)(H2,8,9,10)(H2,11,12,13). The zero-order chi connectivity index (χ0) is 12.4. The molecule has 0 fully saturated rings. The molecule has 9 nitrogen and oxygen atoms in total. The van der Waals surface area contributed by atoms with E-state index in [9.17, 15) is 13.9 Å². The average molecular weight is 263 g/mol. The first-order valence-corrected chi connectivity index (χ1v) is 6.87. The number of hydrogen-bond acceptors (Lipinski definition) is 3. The third-order valence-corrected chi connectivity index (χ3v) is 5.22. The molecule has 0 aromatic rings. The van der Waals surface area contributed by atoms with E-state index < -0.39 is 33.2 Å². The molecule has 0 aromatic heterocycles. The maximum atomic E-state index is 10.7. The van der Waals surface area contributed by atoms with E-state index in [1.54, 1.807) is 0 Å². The summed E-state index contributed by atoms with van der Waals surface area (Å²) in [7, 11) is -9.17. The molecule has 0 rings (SSSR count). The molecule has 0 aliphatic rings. The van der Waals surface area contributed by atoms with Gasteiger partial charge in [-0.15, -0.1) is 0 Å². The van der Waals surface area contributed by atoms with Crippen molar-refractivity contribution in [1.29, 1.82) is 0 Å². The van der Waals surface area contributed by atoms with Crippen LogP contribution in [0.4, 0.5) is 4.79 Å². The summed E-state index contributed by atoms with van der Waals surface area (Å²) in [6, 6.07) is 0. The van der Waals surface area contributed by atoms with Crippen LogP contribution in [0.2, 0.25) is 0 Å². The van der Waals surface area contributed by atoms with E-state index in [1.807, 2.05) is 0 Å². The quantitative estimate of drug-likeness (QED) is 0.416.